The van der Waals surface area contributed by atoms with Gasteiger partial charge in [0.15, 0.2) is 6.10 Å². The quantitative estimate of drug-likeness (QED) is 0.595. The molecular weight excluding hydrogens is 255 g/mol. The van der Waals surface area contributed by atoms with Crippen LogP contribution >= 0.6 is 7.67 Å². The molecule has 1 aromatic rings. The molecule has 1 atom stereocenters. The van der Waals surface area contributed by atoms with Crippen molar-refractivity contribution in [2.75, 3.05) is 6.61 Å². The van der Waals surface area contributed by atoms with Crippen molar-refractivity contribution in [1.82, 2.24) is 0 Å². The Morgan fingerprint density at radius 3 is 2.44 bits per heavy atom. The second-order valence-electron chi connectivity index (χ2n) is 3.68. The third kappa shape index (κ3) is 5.42. The van der Waals surface area contributed by atoms with Crippen LogP contribution in [0.1, 0.15) is 12.5 Å². The van der Waals surface area contributed by atoms with Crippen molar-refractivity contribution in [2.24, 2.45) is 11.0 Å². The van der Waals surface area contributed by atoms with Crippen LogP contribution in [-0.2, 0) is 25.0 Å². The number of hydrogen-bond donors (Lipinski definition) is 2. The first-order valence-corrected chi connectivity index (χ1v) is 7.25. The highest BCUT2D eigenvalue weighted by atomic mass is 31.2. The average molecular weight is 272 g/mol. The standard InChI is InChI=1S/C11H17N2O4P/c1-2-16-11(14)10(17-18(12,13)15)8-9-6-4-3-5-7-9/h3-7,10H,2,8H2,1H3,(H4,12,13,15). The van der Waals surface area contributed by atoms with E-state index in [1.165, 1.54) is 0 Å². The van der Waals surface area contributed by atoms with E-state index in [0.717, 1.165) is 5.56 Å². The highest BCUT2D eigenvalue weighted by Gasteiger charge is 2.27. The topological polar surface area (TPSA) is 105 Å². The van der Waals surface area contributed by atoms with E-state index in [9.17, 15) is 9.36 Å². The first kappa shape index (κ1) is 14.9. The van der Waals surface area contributed by atoms with Crippen molar-refractivity contribution in [2.45, 2.75) is 19.4 Å². The first-order valence-electron chi connectivity index (χ1n) is 5.48. The van der Waals surface area contributed by atoms with Gasteiger partial charge < -0.3 is 4.74 Å². The molecule has 0 aromatic heterocycles. The van der Waals surface area contributed by atoms with Gasteiger partial charge in [0.2, 0.25) is 0 Å². The SMILES string of the molecule is CCOC(=O)C(Cc1ccccc1)OP(N)(N)=O. The lowest BCUT2D eigenvalue weighted by Crippen LogP contribution is -2.30. The van der Waals surface area contributed by atoms with Crippen LogP contribution in [0.15, 0.2) is 30.3 Å². The lowest BCUT2D eigenvalue weighted by atomic mass is 10.1. The number of esters is 1. The first-order chi connectivity index (χ1) is 8.42. The van der Waals surface area contributed by atoms with E-state index in [1.807, 2.05) is 30.3 Å². The number of rotatable bonds is 6. The van der Waals surface area contributed by atoms with Crippen LogP contribution in [0.3, 0.4) is 0 Å². The Labute approximate surface area is 106 Å². The molecule has 0 saturated heterocycles. The maximum Gasteiger partial charge on any atom is 0.336 e. The van der Waals surface area contributed by atoms with Crippen molar-refractivity contribution in [3.63, 3.8) is 0 Å². The zero-order chi connectivity index (χ0) is 13.6. The van der Waals surface area contributed by atoms with Gasteiger partial charge in [0.1, 0.15) is 0 Å². The number of ether oxygens (including phenoxy) is 1. The minimum atomic E-state index is -3.74. The Balaban J connectivity index is 2.78. The predicted molar refractivity (Wildman–Crippen MR) is 67.6 cm³/mol. The Hall–Kier alpha value is -1.20. The Bertz CT molecular complexity index is 432. The fraction of sp³-hybridized carbons (Fsp3) is 0.364. The zero-order valence-corrected chi connectivity index (χ0v) is 11.0. The summed E-state index contributed by atoms with van der Waals surface area (Å²) in [4.78, 5) is 11.6. The molecule has 100 valence electrons. The number of carbonyl (C=O) groups is 1. The van der Waals surface area contributed by atoms with Gasteiger partial charge in [0, 0.05) is 6.42 Å². The molecule has 1 aromatic carbocycles. The number of benzene rings is 1. The van der Waals surface area contributed by atoms with Gasteiger partial charge in [-0.15, -0.1) is 0 Å². The number of carbonyl (C=O) groups excluding carboxylic acids is 1. The minimum Gasteiger partial charge on any atom is -0.464 e. The van der Waals surface area contributed by atoms with Gasteiger partial charge in [0.25, 0.3) is 0 Å². The van der Waals surface area contributed by atoms with Crippen molar-refractivity contribution >= 4 is 13.6 Å². The second kappa shape index (κ2) is 6.66. The van der Waals surface area contributed by atoms with E-state index in [1.54, 1.807) is 6.92 Å². The number of nitrogens with two attached hydrogens (primary N) is 2. The third-order valence-corrected chi connectivity index (χ3v) is 2.69. The fourth-order valence-corrected chi connectivity index (χ4v) is 1.98. The molecule has 0 heterocycles. The summed E-state index contributed by atoms with van der Waals surface area (Å²) in [5.74, 6) is -0.627. The molecule has 1 rings (SSSR count). The van der Waals surface area contributed by atoms with Gasteiger partial charge in [-0.05, 0) is 12.5 Å². The Kier molecular flexibility index (Phi) is 5.50. The Morgan fingerprint density at radius 2 is 1.94 bits per heavy atom. The van der Waals surface area contributed by atoms with Crippen LogP contribution in [-0.4, -0.2) is 18.7 Å². The van der Waals surface area contributed by atoms with E-state index in [2.05, 4.69) is 0 Å². The summed E-state index contributed by atoms with van der Waals surface area (Å²) in [6.45, 7) is 1.87. The van der Waals surface area contributed by atoms with Crippen LogP contribution in [0.2, 0.25) is 0 Å². The second-order valence-corrected chi connectivity index (χ2v) is 5.18. The fourth-order valence-electron chi connectivity index (χ4n) is 1.43. The monoisotopic (exact) mass is 272 g/mol. The van der Waals surface area contributed by atoms with Gasteiger partial charge >= 0.3 is 13.6 Å². The molecule has 0 fully saturated rings. The lowest BCUT2D eigenvalue weighted by Gasteiger charge is -2.18. The highest BCUT2D eigenvalue weighted by Crippen LogP contribution is 2.30. The molecule has 0 aliphatic carbocycles. The van der Waals surface area contributed by atoms with Crippen molar-refractivity contribution in [3.05, 3.63) is 35.9 Å². The molecule has 7 heteroatoms. The molecule has 1 unspecified atom stereocenters. The van der Waals surface area contributed by atoms with Gasteiger partial charge in [-0.1, -0.05) is 30.3 Å². The van der Waals surface area contributed by atoms with E-state index in [0.29, 0.717) is 0 Å². The molecule has 4 N–H and O–H groups in total. The van der Waals surface area contributed by atoms with Crippen LogP contribution < -0.4 is 11.0 Å². The summed E-state index contributed by atoms with van der Waals surface area (Å²) in [5, 5.41) is 0. The van der Waals surface area contributed by atoms with E-state index >= 15 is 0 Å². The molecule has 18 heavy (non-hydrogen) atoms. The van der Waals surface area contributed by atoms with Crippen molar-refractivity contribution in [1.29, 1.82) is 0 Å². The maximum absolute atomic E-state index is 11.6. The summed E-state index contributed by atoms with van der Waals surface area (Å²) in [6.07, 6.45) is -0.855. The summed E-state index contributed by atoms with van der Waals surface area (Å²) in [5.41, 5.74) is 11.1. The normalized spacial score (nSPS) is 13.1. The molecule has 0 aliphatic rings. The van der Waals surface area contributed by atoms with E-state index < -0.39 is 19.7 Å². The molecule has 0 bridgehead atoms. The van der Waals surface area contributed by atoms with Gasteiger partial charge in [-0.25, -0.2) is 15.8 Å². The Morgan fingerprint density at radius 1 is 1.33 bits per heavy atom. The summed E-state index contributed by atoms with van der Waals surface area (Å²) in [6, 6.07) is 9.12. The zero-order valence-electron chi connectivity index (χ0n) is 10.1. The number of hydrogen-bond acceptors (Lipinski definition) is 4. The molecule has 0 saturated carbocycles. The van der Waals surface area contributed by atoms with Crippen LogP contribution in [0.5, 0.6) is 0 Å². The van der Waals surface area contributed by atoms with Crippen LogP contribution in [0.4, 0.5) is 0 Å². The van der Waals surface area contributed by atoms with Gasteiger partial charge in [0.05, 0.1) is 6.61 Å². The third-order valence-electron chi connectivity index (χ3n) is 2.11. The maximum atomic E-state index is 11.6. The van der Waals surface area contributed by atoms with E-state index in [-0.39, 0.29) is 13.0 Å². The van der Waals surface area contributed by atoms with Gasteiger partial charge in [-0.3, -0.25) is 9.09 Å². The largest absolute Gasteiger partial charge is 0.464 e. The summed E-state index contributed by atoms with van der Waals surface area (Å²) >= 11 is 0. The molecule has 0 radical (unpaired) electrons. The molecule has 0 spiro atoms. The molecule has 0 amide bonds. The highest BCUT2D eigenvalue weighted by molar-refractivity contribution is 7.53. The summed E-state index contributed by atoms with van der Waals surface area (Å²) in [7, 11) is -3.74. The smallest absolute Gasteiger partial charge is 0.336 e. The van der Waals surface area contributed by atoms with E-state index in [4.69, 9.17) is 20.3 Å². The molecule has 0 aliphatic heterocycles. The van der Waals surface area contributed by atoms with Crippen LogP contribution in [0, 0.1) is 0 Å². The summed E-state index contributed by atoms with van der Waals surface area (Å²) < 4.78 is 21.0. The van der Waals surface area contributed by atoms with Crippen LogP contribution in [0.25, 0.3) is 0 Å². The minimum absolute atomic E-state index is 0.201. The van der Waals surface area contributed by atoms with Crippen molar-refractivity contribution < 1.29 is 18.6 Å². The average Bonchev–Trinajstić information content (AvgIpc) is 2.28. The predicted octanol–water partition coefficient (Wildman–Crippen LogP) is 1.20. The molecule has 6 nitrogen and oxygen atoms in total. The lowest BCUT2D eigenvalue weighted by molar-refractivity contribution is -0.151. The van der Waals surface area contributed by atoms with Crippen molar-refractivity contribution in [3.8, 4) is 0 Å². The van der Waals surface area contributed by atoms with Gasteiger partial charge in [-0.2, -0.15) is 0 Å². The molecular formula is C11H17N2O4P.